The molecule has 0 aliphatic heterocycles. The van der Waals surface area contributed by atoms with Crippen molar-refractivity contribution in [2.45, 2.75) is 18.3 Å². The molecular weight excluding hydrogens is 246 g/mol. The van der Waals surface area contributed by atoms with Crippen LogP contribution in [0, 0.1) is 0 Å². The summed E-state index contributed by atoms with van der Waals surface area (Å²) in [7, 11) is 0. The predicted molar refractivity (Wildman–Crippen MR) is 80.0 cm³/mol. The fraction of sp³-hybridized carbons (Fsp3) is 0.167. The number of aromatic amines is 1. The van der Waals surface area contributed by atoms with E-state index in [0.29, 0.717) is 5.92 Å². The van der Waals surface area contributed by atoms with Crippen LogP contribution in [0.5, 0.6) is 0 Å². The van der Waals surface area contributed by atoms with E-state index in [4.69, 9.17) is 0 Å². The summed E-state index contributed by atoms with van der Waals surface area (Å²) in [5, 5.41) is 1.26. The highest BCUT2D eigenvalue weighted by molar-refractivity contribution is 5.85. The molecule has 3 aromatic rings. The molecule has 0 radical (unpaired) electrons. The van der Waals surface area contributed by atoms with Gasteiger partial charge in [0.15, 0.2) is 0 Å². The normalized spacial score (nSPS) is 21.0. The first-order chi connectivity index (χ1) is 9.88. The highest BCUT2D eigenvalue weighted by Gasteiger charge is 2.32. The van der Waals surface area contributed by atoms with Gasteiger partial charge in [-0.2, -0.15) is 0 Å². The zero-order valence-corrected chi connectivity index (χ0v) is 11.0. The number of aldehydes is 1. The van der Waals surface area contributed by atoms with Gasteiger partial charge in [-0.3, -0.25) is 0 Å². The maximum atomic E-state index is 11.3. The Morgan fingerprint density at radius 1 is 0.950 bits per heavy atom. The molecule has 4 rings (SSSR count). The van der Waals surface area contributed by atoms with Gasteiger partial charge in [-0.05, 0) is 29.2 Å². The van der Waals surface area contributed by atoms with E-state index >= 15 is 0 Å². The van der Waals surface area contributed by atoms with Crippen LogP contribution in [0.15, 0.2) is 54.7 Å². The largest absolute Gasteiger partial charge is 0.361 e. The third-order valence-electron chi connectivity index (χ3n) is 4.42. The van der Waals surface area contributed by atoms with Crippen molar-refractivity contribution >= 4 is 17.2 Å². The topological polar surface area (TPSA) is 32.9 Å². The lowest BCUT2D eigenvalue weighted by Gasteiger charge is -2.10. The summed E-state index contributed by atoms with van der Waals surface area (Å²) >= 11 is 0. The van der Waals surface area contributed by atoms with Crippen LogP contribution in [-0.4, -0.2) is 11.3 Å². The van der Waals surface area contributed by atoms with Crippen LogP contribution in [0.3, 0.4) is 0 Å². The van der Waals surface area contributed by atoms with Gasteiger partial charge in [0.1, 0.15) is 6.29 Å². The maximum absolute atomic E-state index is 11.3. The van der Waals surface area contributed by atoms with Crippen molar-refractivity contribution in [1.29, 1.82) is 0 Å². The molecule has 2 heteroatoms. The maximum Gasteiger partial charge on any atom is 0.127 e. The summed E-state index contributed by atoms with van der Waals surface area (Å²) in [5.41, 5.74) is 4.96. The highest BCUT2D eigenvalue weighted by atomic mass is 16.1. The number of hydrogen-bond donors (Lipinski definition) is 1. The van der Waals surface area contributed by atoms with E-state index in [1.54, 1.807) is 0 Å². The number of para-hydroxylation sites is 1. The second-order valence-corrected chi connectivity index (χ2v) is 5.45. The minimum Gasteiger partial charge on any atom is -0.361 e. The number of carbonyl (C=O) groups is 1. The predicted octanol–water partition coefficient (Wildman–Crippen LogP) is 3.99. The molecule has 2 atom stereocenters. The molecule has 1 aromatic heterocycles. The molecule has 2 nitrogen and oxygen atoms in total. The molecule has 1 N–H and O–H groups in total. The number of fused-ring (bicyclic) bond motifs is 2. The van der Waals surface area contributed by atoms with Gasteiger partial charge in [-0.1, -0.05) is 42.5 Å². The molecule has 0 saturated heterocycles. The van der Waals surface area contributed by atoms with Gasteiger partial charge in [0.25, 0.3) is 0 Å². The first-order valence-corrected chi connectivity index (χ1v) is 6.98. The van der Waals surface area contributed by atoms with Crippen LogP contribution in [-0.2, 0) is 4.79 Å². The van der Waals surface area contributed by atoms with Crippen molar-refractivity contribution in [3.05, 3.63) is 71.4 Å². The number of H-pyrrole nitrogens is 1. The van der Waals surface area contributed by atoms with Crippen molar-refractivity contribution < 1.29 is 4.79 Å². The van der Waals surface area contributed by atoms with Gasteiger partial charge < -0.3 is 9.78 Å². The van der Waals surface area contributed by atoms with E-state index in [1.165, 1.54) is 22.1 Å². The van der Waals surface area contributed by atoms with Crippen LogP contribution in [0.1, 0.15) is 34.9 Å². The standard InChI is InChI=1S/C18H15NO/c20-11-12-9-16(14-6-2-1-5-13(12)14)17-10-19-18-8-4-3-7-15(17)18/h1-8,10-12,16,19H,9H2. The second-order valence-electron chi connectivity index (χ2n) is 5.45. The summed E-state index contributed by atoms with van der Waals surface area (Å²) in [5.74, 6) is 0.349. The van der Waals surface area contributed by atoms with Gasteiger partial charge in [0.05, 0.1) is 0 Å². The average molecular weight is 261 g/mol. The lowest BCUT2D eigenvalue weighted by atomic mass is 9.92. The van der Waals surface area contributed by atoms with E-state index in [1.807, 2.05) is 12.1 Å². The van der Waals surface area contributed by atoms with Crippen molar-refractivity contribution in [3.8, 4) is 0 Å². The van der Waals surface area contributed by atoms with Gasteiger partial charge in [-0.15, -0.1) is 0 Å². The Hall–Kier alpha value is -2.35. The molecule has 0 amide bonds. The fourth-order valence-corrected chi connectivity index (χ4v) is 3.48. The van der Waals surface area contributed by atoms with E-state index in [9.17, 15) is 4.79 Å². The highest BCUT2D eigenvalue weighted by Crippen LogP contribution is 2.45. The van der Waals surface area contributed by atoms with E-state index in [-0.39, 0.29) is 5.92 Å². The smallest absolute Gasteiger partial charge is 0.127 e. The first-order valence-electron chi connectivity index (χ1n) is 6.98. The molecule has 2 aromatic carbocycles. The average Bonchev–Trinajstić information content (AvgIpc) is 3.08. The molecule has 1 aliphatic carbocycles. The Bertz CT molecular complexity index is 787. The molecule has 0 saturated carbocycles. The monoisotopic (exact) mass is 261 g/mol. The Morgan fingerprint density at radius 2 is 1.70 bits per heavy atom. The number of nitrogens with one attached hydrogen (secondary N) is 1. The van der Waals surface area contributed by atoms with E-state index in [0.717, 1.165) is 18.2 Å². The van der Waals surface area contributed by atoms with E-state index < -0.39 is 0 Å². The SMILES string of the molecule is O=CC1CC(c2c[nH]c3ccccc23)c2ccccc21. The van der Waals surface area contributed by atoms with Gasteiger partial charge >= 0.3 is 0 Å². The quantitative estimate of drug-likeness (QED) is 0.695. The Morgan fingerprint density at radius 3 is 2.55 bits per heavy atom. The van der Waals surface area contributed by atoms with Crippen molar-refractivity contribution in [3.63, 3.8) is 0 Å². The Labute approximate surface area is 117 Å². The van der Waals surface area contributed by atoms with Crippen LogP contribution in [0.25, 0.3) is 10.9 Å². The molecule has 0 spiro atoms. The van der Waals surface area contributed by atoms with Crippen molar-refractivity contribution in [2.24, 2.45) is 0 Å². The summed E-state index contributed by atoms with van der Waals surface area (Å²) < 4.78 is 0. The summed E-state index contributed by atoms with van der Waals surface area (Å²) in [6, 6.07) is 16.7. The molecule has 1 heterocycles. The molecule has 98 valence electrons. The summed E-state index contributed by atoms with van der Waals surface area (Å²) in [6.07, 6.45) is 4.07. The minimum absolute atomic E-state index is 0.0323. The zero-order chi connectivity index (χ0) is 13.5. The molecule has 20 heavy (non-hydrogen) atoms. The van der Waals surface area contributed by atoms with Crippen LogP contribution in [0.2, 0.25) is 0 Å². The van der Waals surface area contributed by atoms with Gasteiger partial charge in [0.2, 0.25) is 0 Å². The third kappa shape index (κ3) is 1.54. The molecular formula is C18H15NO. The minimum atomic E-state index is 0.0323. The lowest BCUT2D eigenvalue weighted by Crippen LogP contribution is -1.96. The molecule has 0 fully saturated rings. The van der Waals surface area contributed by atoms with Crippen LogP contribution < -0.4 is 0 Å². The zero-order valence-electron chi connectivity index (χ0n) is 11.0. The first kappa shape index (κ1) is 11.5. The number of rotatable bonds is 2. The van der Waals surface area contributed by atoms with Crippen molar-refractivity contribution in [2.75, 3.05) is 0 Å². The second kappa shape index (κ2) is 4.34. The molecule has 2 unspecified atom stereocenters. The number of aromatic nitrogens is 1. The molecule has 1 aliphatic rings. The Balaban J connectivity index is 1.90. The van der Waals surface area contributed by atoms with Gasteiger partial charge in [0, 0.05) is 28.9 Å². The Kier molecular flexibility index (Phi) is 2.49. The third-order valence-corrected chi connectivity index (χ3v) is 4.42. The van der Waals surface area contributed by atoms with Crippen LogP contribution in [0.4, 0.5) is 0 Å². The number of carbonyl (C=O) groups excluding carboxylic acids is 1. The fourth-order valence-electron chi connectivity index (χ4n) is 3.48. The summed E-state index contributed by atoms with van der Waals surface area (Å²) in [6.45, 7) is 0. The van der Waals surface area contributed by atoms with Crippen LogP contribution >= 0.6 is 0 Å². The van der Waals surface area contributed by atoms with Crippen molar-refractivity contribution in [1.82, 2.24) is 4.98 Å². The number of benzene rings is 2. The number of hydrogen-bond acceptors (Lipinski definition) is 1. The van der Waals surface area contributed by atoms with E-state index in [2.05, 4.69) is 47.6 Å². The van der Waals surface area contributed by atoms with Gasteiger partial charge in [-0.25, -0.2) is 0 Å². The molecule has 0 bridgehead atoms. The summed E-state index contributed by atoms with van der Waals surface area (Å²) in [4.78, 5) is 14.7. The lowest BCUT2D eigenvalue weighted by molar-refractivity contribution is -0.109.